The Morgan fingerprint density at radius 3 is 2.85 bits per heavy atom. The number of thiophene rings is 1. The van der Waals surface area contributed by atoms with Gasteiger partial charge in [-0.2, -0.15) is 0 Å². The first-order valence-corrected chi connectivity index (χ1v) is 9.46. The number of ether oxygens (including phenoxy) is 1. The molecule has 1 atom stereocenters. The minimum absolute atomic E-state index is 0. The van der Waals surface area contributed by atoms with Gasteiger partial charge in [0.1, 0.15) is 0 Å². The van der Waals surface area contributed by atoms with Gasteiger partial charge in [0.05, 0.1) is 12.0 Å². The van der Waals surface area contributed by atoms with Gasteiger partial charge in [-0.3, -0.25) is 4.79 Å². The van der Waals surface area contributed by atoms with Crippen LogP contribution in [0.15, 0.2) is 29.6 Å². The van der Waals surface area contributed by atoms with E-state index >= 15 is 0 Å². The van der Waals surface area contributed by atoms with Crippen LogP contribution in [0.25, 0.3) is 0 Å². The minimum atomic E-state index is -0.140. The van der Waals surface area contributed by atoms with E-state index < -0.39 is 0 Å². The van der Waals surface area contributed by atoms with Gasteiger partial charge < -0.3 is 20.1 Å². The van der Waals surface area contributed by atoms with Gasteiger partial charge in [-0.05, 0) is 56.3 Å². The van der Waals surface area contributed by atoms with E-state index in [1.165, 1.54) is 24.2 Å². The summed E-state index contributed by atoms with van der Waals surface area (Å²) in [7, 11) is 1.54. The Balaban J connectivity index is 0.00000243. The fraction of sp³-hybridized carbons (Fsp3) is 0.421. The lowest BCUT2D eigenvalue weighted by Crippen LogP contribution is -2.29. The molecule has 26 heavy (non-hydrogen) atoms. The van der Waals surface area contributed by atoms with Gasteiger partial charge in [-0.15, -0.1) is 23.7 Å². The molecule has 0 saturated carbocycles. The van der Waals surface area contributed by atoms with Crippen LogP contribution in [0.1, 0.15) is 35.0 Å². The largest absolute Gasteiger partial charge is 0.504 e. The summed E-state index contributed by atoms with van der Waals surface area (Å²) in [5.74, 6) is 0.399. The maximum absolute atomic E-state index is 12.4. The SMILES string of the molecule is COc1c(O)ccc(NC(=O)c2cccs2)c1CCN1CCCC1C.Cl. The molecule has 1 aliphatic heterocycles. The molecular formula is C19H25ClN2O3S. The molecule has 5 nitrogen and oxygen atoms in total. The van der Waals surface area contributed by atoms with E-state index in [1.807, 2.05) is 11.4 Å². The van der Waals surface area contributed by atoms with Crippen molar-refractivity contribution in [1.29, 1.82) is 0 Å². The number of nitrogens with one attached hydrogen (secondary N) is 1. The van der Waals surface area contributed by atoms with Gasteiger partial charge in [-0.25, -0.2) is 0 Å². The van der Waals surface area contributed by atoms with Crippen molar-refractivity contribution in [3.8, 4) is 11.5 Å². The summed E-state index contributed by atoms with van der Waals surface area (Å²) in [5, 5.41) is 15.0. The molecule has 3 rings (SSSR count). The number of phenols is 1. The number of hydrogen-bond donors (Lipinski definition) is 2. The molecule has 1 aromatic heterocycles. The Kier molecular flexibility index (Phi) is 7.32. The van der Waals surface area contributed by atoms with Crippen molar-refractivity contribution >= 4 is 35.3 Å². The monoisotopic (exact) mass is 396 g/mol. The number of halogens is 1. The first-order chi connectivity index (χ1) is 12.1. The lowest BCUT2D eigenvalue weighted by Gasteiger charge is -2.22. The summed E-state index contributed by atoms with van der Waals surface area (Å²) < 4.78 is 5.41. The van der Waals surface area contributed by atoms with Crippen molar-refractivity contribution in [1.82, 2.24) is 4.90 Å². The Labute approximate surface area is 164 Å². The molecule has 1 fully saturated rings. The number of benzene rings is 1. The highest BCUT2D eigenvalue weighted by molar-refractivity contribution is 7.12. The number of anilines is 1. The number of likely N-dealkylation sites (tertiary alicyclic amines) is 1. The molecule has 1 amide bonds. The topological polar surface area (TPSA) is 61.8 Å². The van der Waals surface area contributed by atoms with Crippen LogP contribution in [-0.2, 0) is 6.42 Å². The second kappa shape index (κ2) is 9.26. The number of nitrogens with zero attached hydrogens (tertiary/aromatic N) is 1. The van der Waals surface area contributed by atoms with Crippen molar-refractivity contribution in [2.24, 2.45) is 0 Å². The van der Waals surface area contributed by atoms with E-state index in [-0.39, 0.29) is 24.1 Å². The number of carbonyl (C=O) groups excluding carboxylic acids is 1. The number of amides is 1. The Hall–Kier alpha value is -1.76. The molecule has 2 N–H and O–H groups in total. The number of methoxy groups -OCH3 is 1. The van der Waals surface area contributed by atoms with E-state index in [2.05, 4.69) is 17.1 Å². The predicted molar refractivity (Wildman–Crippen MR) is 108 cm³/mol. The molecule has 0 radical (unpaired) electrons. The van der Waals surface area contributed by atoms with E-state index in [0.717, 1.165) is 18.7 Å². The summed E-state index contributed by atoms with van der Waals surface area (Å²) in [6, 6.07) is 7.53. The second-order valence-corrected chi connectivity index (χ2v) is 7.30. The summed E-state index contributed by atoms with van der Waals surface area (Å²) in [5.41, 5.74) is 1.53. The summed E-state index contributed by atoms with van der Waals surface area (Å²) in [6.45, 7) is 4.22. The third-order valence-electron chi connectivity index (χ3n) is 4.78. The molecule has 142 valence electrons. The smallest absolute Gasteiger partial charge is 0.265 e. The van der Waals surface area contributed by atoms with E-state index in [4.69, 9.17) is 4.74 Å². The molecule has 2 aromatic rings. The Bertz CT molecular complexity index is 737. The molecule has 2 heterocycles. The van der Waals surface area contributed by atoms with Gasteiger partial charge in [0.15, 0.2) is 11.5 Å². The third kappa shape index (κ3) is 4.50. The summed E-state index contributed by atoms with van der Waals surface area (Å²) in [6.07, 6.45) is 3.15. The third-order valence-corrected chi connectivity index (χ3v) is 5.65. The fourth-order valence-electron chi connectivity index (χ4n) is 3.38. The van der Waals surface area contributed by atoms with Gasteiger partial charge in [0.2, 0.25) is 0 Å². The zero-order chi connectivity index (χ0) is 17.8. The van der Waals surface area contributed by atoms with E-state index in [0.29, 0.717) is 28.8 Å². The van der Waals surface area contributed by atoms with Crippen LogP contribution < -0.4 is 10.1 Å². The van der Waals surface area contributed by atoms with Crippen molar-refractivity contribution in [3.05, 3.63) is 40.1 Å². The average Bonchev–Trinajstić information content (AvgIpc) is 3.26. The van der Waals surface area contributed by atoms with E-state index in [9.17, 15) is 9.90 Å². The molecule has 1 aliphatic rings. The molecular weight excluding hydrogens is 372 g/mol. The molecule has 1 aromatic carbocycles. The highest BCUT2D eigenvalue weighted by Gasteiger charge is 2.22. The lowest BCUT2D eigenvalue weighted by molar-refractivity contribution is 0.103. The number of phenolic OH excluding ortho intramolecular Hbond substituents is 1. The van der Waals surface area contributed by atoms with Crippen molar-refractivity contribution in [2.75, 3.05) is 25.5 Å². The first-order valence-electron chi connectivity index (χ1n) is 8.58. The molecule has 0 bridgehead atoms. The lowest BCUT2D eigenvalue weighted by atomic mass is 10.1. The number of hydrogen-bond acceptors (Lipinski definition) is 5. The highest BCUT2D eigenvalue weighted by atomic mass is 35.5. The normalized spacial score (nSPS) is 16.9. The van der Waals surface area contributed by atoms with Gasteiger partial charge in [0, 0.05) is 23.8 Å². The fourth-order valence-corrected chi connectivity index (χ4v) is 4.00. The van der Waals surface area contributed by atoms with Crippen LogP contribution in [0.5, 0.6) is 11.5 Å². The number of rotatable bonds is 6. The van der Waals surface area contributed by atoms with Crippen molar-refractivity contribution in [3.63, 3.8) is 0 Å². The van der Waals surface area contributed by atoms with Crippen LogP contribution >= 0.6 is 23.7 Å². The van der Waals surface area contributed by atoms with Crippen LogP contribution in [-0.4, -0.2) is 42.2 Å². The first kappa shape index (κ1) is 20.6. The van der Waals surface area contributed by atoms with E-state index in [1.54, 1.807) is 25.3 Å². The Morgan fingerprint density at radius 1 is 1.42 bits per heavy atom. The maximum atomic E-state index is 12.4. The second-order valence-electron chi connectivity index (χ2n) is 6.35. The quantitative estimate of drug-likeness (QED) is 0.719. The molecule has 0 aliphatic carbocycles. The average molecular weight is 397 g/mol. The number of aromatic hydroxyl groups is 1. The van der Waals surface area contributed by atoms with Crippen LogP contribution in [0.2, 0.25) is 0 Å². The molecule has 1 saturated heterocycles. The molecule has 7 heteroatoms. The number of carbonyl (C=O) groups is 1. The van der Waals surface area contributed by atoms with Gasteiger partial charge in [-0.1, -0.05) is 6.07 Å². The standard InChI is InChI=1S/C19H24N2O3S.ClH/c1-13-5-3-10-21(13)11-9-14-15(7-8-16(22)18(14)24-2)20-19(23)17-6-4-12-25-17;/h4,6-8,12-13,22H,3,5,9-11H2,1-2H3,(H,20,23);1H. The summed E-state index contributed by atoms with van der Waals surface area (Å²) in [4.78, 5) is 15.5. The zero-order valence-corrected chi connectivity index (χ0v) is 16.7. The van der Waals surface area contributed by atoms with Crippen LogP contribution in [0.4, 0.5) is 5.69 Å². The Morgan fingerprint density at radius 2 is 2.23 bits per heavy atom. The molecule has 1 unspecified atom stereocenters. The van der Waals surface area contributed by atoms with Crippen LogP contribution in [0, 0.1) is 0 Å². The minimum Gasteiger partial charge on any atom is -0.504 e. The van der Waals surface area contributed by atoms with Gasteiger partial charge >= 0.3 is 0 Å². The van der Waals surface area contributed by atoms with Crippen molar-refractivity contribution in [2.45, 2.75) is 32.2 Å². The summed E-state index contributed by atoms with van der Waals surface area (Å²) >= 11 is 1.40. The predicted octanol–water partition coefficient (Wildman–Crippen LogP) is 4.16. The maximum Gasteiger partial charge on any atom is 0.265 e. The van der Waals surface area contributed by atoms with Crippen molar-refractivity contribution < 1.29 is 14.6 Å². The zero-order valence-electron chi connectivity index (χ0n) is 15.0. The van der Waals surface area contributed by atoms with Gasteiger partial charge in [0.25, 0.3) is 5.91 Å². The molecule has 0 spiro atoms. The van der Waals surface area contributed by atoms with Crippen LogP contribution in [0.3, 0.4) is 0 Å². The highest BCUT2D eigenvalue weighted by Crippen LogP contribution is 2.36.